The molecule has 2 N–H and O–H groups in total. The van der Waals surface area contributed by atoms with E-state index in [9.17, 15) is 13.2 Å². The van der Waals surface area contributed by atoms with Crippen LogP contribution in [0.1, 0.15) is 11.1 Å². The molecule has 94 valence electrons. The molecule has 0 saturated heterocycles. The molecule has 0 aliphatic heterocycles. The van der Waals surface area contributed by atoms with Gasteiger partial charge < -0.3 is 5.73 Å². The maximum Gasteiger partial charge on any atom is 0.173 e. The molecule has 2 rings (SSSR count). The molecule has 1 atom stereocenters. The first-order chi connectivity index (χ1) is 8.58. The van der Waals surface area contributed by atoms with Crippen molar-refractivity contribution in [1.29, 1.82) is 0 Å². The van der Waals surface area contributed by atoms with Crippen LogP contribution in [0.2, 0.25) is 0 Å². The van der Waals surface area contributed by atoms with Crippen molar-refractivity contribution in [3.63, 3.8) is 0 Å². The summed E-state index contributed by atoms with van der Waals surface area (Å²) in [7, 11) is 0. The van der Waals surface area contributed by atoms with E-state index in [0.29, 0.717) is 5.56 Å². The van der Waals surface area contributed by atoms with Gasteiger partial charge in [-0.15, -0.1) is 0 Å². The predicted octanol–water partition coefficient (Wildman–Crippen LogP) is 3.14. The van der Waals surface area contributed by atoms with Gasteiger partial charge in [0.05, 0.1) is 0 Å². The number of hydrogen-bond acceptors (Lipinski definition) is 1. The summed E-state index contributed by atoms with van der Waals surface area (Å²) in [6.07, 6.45) is 0. The van der Waals surface area contributed by atoms with Gasteiger partial charge in [0.2, 0.25) is 0 Å². The van der Waals surface area contributed by atoms with Crippen molar-refractivity contribution < 1.29 is 13.2 Å². The fraction of sp³-hybridized carbons (Fsp3) is 0.143. The minimum atomic E-state index is -2.02. The Morgan fingerprint density at radius 1 is 0.889 bits per heavy atom. The van der Waals surface area contributed by atoms with Crippen LogP contribution in [0, 0.1) is 11.6 Å². The zero-order valence-corrected chi connectivity index (χ0v) is 9.54. The number of nitrogens with two attached hydrogens (primary N) is 1. The quantitative estimate of drug-likeness (QED) is 0.891. The van der Waals surface area contributed by atoms with Crippen LogP contribution in [-0.4, -0.2) is 6.54 Å². The summed E-state index contributed by atoms with van der Waals surface area (Å²) in [5.41, 5.74) is 3.78. The molecule has 2 aromatic carbocycles. The van der Waals surface area contributed by atoms with Gasteiger partial charge in [-0.1, -0.05) is 36.4 Å². The summed E-state index contributed by atoms with van der Waals surface area (Å²) in [6.45, 7) is -0.345. The first-order valence-corrected chi connectivity index (χ1v) is 5.48. The van der Waals surface area contributed by atoms with E-state index in [-0.39, 0.29) is 12.1 Å². The summed E-state index contributed by atoms with van der Waals surface area (Å²) in [5, 5.41) is 0. The Bertz CT molecular complexity index is 542. The number of hydrogen-bond donors (Lipinski definition) is 1. The van der Waals surface area contributed by atoms with Crippen molar-refractivity contribution in [2.24, 2.45) is 5.73 Å². The van der Waals surface area contributed by atoms with Crippen molar-refractivity contribution in [1.82, 2.24) is 0 Å². The molecule has 0 aliphatic carbocycles. The van der Waals surface area contributed by atoms with Gasteiger partial charge in [0, 0.05) is 6.54 Å². The molecule has 0 aromatic heterocycles. The van der Waals surface area contributed by atoms with E-state index < -0.39 is 17.3 Å². The number of alkyl halides is 1. The molecule has 0 fully saturated rings. The normalized spacial score (nSPS) is 14.2. The van der Waals surface area contributed by atoms with Crippen LogP contribution in [0.4, 0.5) is 13.2 Å². The first kappa shape index (κ1) is 12.6. The molecule has 4 heteroatoms. The van der Waals surface area contributed by atoms with Crippen LogP contribution in [0.15, 0.2) is 48.5 Å². The van der Waals surface area contributed by atoms with Gasteiger partial charge in [0.1, 0.15) is 0 Å². The lowest BCUT2D eigenvalue weighted by atomic mass is 9.88. The number of halogens is 3. The zero-order valence-electron chi connectivity index (χ0n) is 9.54. The molecule has 0 radical (unpaired) electrons. The van der Waals surface area contributed by atoms with E-state index in [1.165, 1.54) is 6.07 Å². The Hall–Kier alpha value is -1.81. The first-order valence-electron chi connectivity index (χ1n) is 5.48. The van der Waals surface area contributed by atoms with E-state index in [4.69, 9.17) is 5.73 Å². The standard InChI is InChI=1S/C14H12F3N/c15-12-7-6-11(8-13(12)16)14(17,9-18)10-4-2-1-3-5-10/h1-8H,9,18H2. The lowest BCUT2D eigenvalue weighted by Gasteiger charge is -2.24. The Kier molecular flexibility index (Phi) is 3.39. The molecule has 0 aliphatic rings. The topological polar surface area (TPSA) is 26.0 Å². The van der Waals surface area contributed by atoms with E-state index in [0.717, 1.165) is 12.1 Å². The molecule has 1 nitrogen and oxygen atoms in total. The van der Waals surface area contributed by atoms with Crippen molar-refractivity contribution in [3.8, 4) is 0 Å². The molecule has 2 aromatic rings. The molecule has 18 heavy (non-hydrogen) atoms. The van der Waals surface area contributed by atoms with E-state index in [1.54, 1.807) is 30.3 Å². The second-order valence-corrected chi connectivity index (χ2v) is 4.00. The van der Waals surface area contributed by atoms with Crippen LogP contribution < -0.4 is 5.73 Å². The highest BCUT2D eigenvalue weighted by Gasteiger charge is 2.33. The van der Waals surface area contributed by atoms with Gasteiger partial charge in [-0.2, -0.15) is 0 Å². The van der Waals surface area contributed by atoms with Gasteiger partial charge in [0.25, 0.3) is 0 Å². The smallest absolute Gasteiger partial charge is 0.173 e. The van der Waals surface area contributed by atoms with Crippen LogP contribution in [0.3, 0.4) is 0 Å². The molecule has 0 amide bonds. The van der Waals surface area contributed by atoms with Gasteiger partial charge in [0.15, 0.2) is 17.3 Å². The third kappa shape index (κ3) is 2.11. The van der Waals surface area contributed by atoms with E-state index in [2.05, 4.69) is 0 Å². The molecular weight excluding hydrogens is 239 g/mol. The average molecular weight is 251 g/mol. The number of benzene rings is 2. The van der Waals surface area contributed by atoms with Crippen LogP contribution >= 0.6 is 0 Å². The second-order valence-electron chi connectivity index (χ2n) is 4.00. The predicted molar refractivity (Wildman–Crippen MR) is 63.7 cm³/mol. The van der Waals surface area contributed by atoms with Gasteiger partial charge in [-0.25, -0.2) is 13.2 Å². The summed E-state index contributed by atoms with van der Waals surface area (Å²) in [6, 6.07) is 11.2. The summed E-state index contributed by atoms with van der Waals surface area (Å²) in [5.74, 6) is -2.09. The highest BCUT2D eigenvalue weighted by molar-refractivity contribution is 5.37. The van der Waals surface area contributed by atoms with Crippen LogP contribution in [0.5, 0.6) is 0 Å². The highest BCUT2D eigenvalue weighted by atomic mass is 19.2. The van der Waals surface area contributed by atoms with E-state index in [1.807, 2.05) is 0 Å². The zero-order chi connectivity index (χ0) is 13.2. The summed E-state index contributed by atoms with van der Waals surface area (Å²) < 4.78 is 40.9. The lowest BCUT2D eigenvalue weighted by Crippen LogP contribution is -2.31. The van der Waals surface area contributed by atoms with Gasteiger partial charge >= 0.3 is 0 Å². The molecule has 0 heterocycles. The van der Waals surface area contributed by atoms with Crippen molar-refractivity contribution in [2.75, 3.05) is 6.54 Å². The lowest BCUT2D eigenvalue weighted by molar-refractivity contribution is 0.231. The van der Waals surface area contributed by atoms with Crippen LogP contribution in [0.25, 0.3) is 0 Å². The molecule has 1 unspecified atom stereocenters. The van der Waals surface area contributed by atoms with E-state index >= 15 is 0 Å². The van der Waals surface area contributed by atoms with Crippen LogP contribution in [-0.2, 0) is 5.67 Å². The van der Waals surface area contributed by atoms with Crippen molar-refractivity contribution in [3.05, 3.63) is 71.3 Å². The van der Waals surface area contributed by atoms with Crippen molar-refractivity contribution in [2.45, 2.75) is 5.67 Å². The fourth-order valence-corrected chi connectivity index (χ4v) is 1.85. The minimum Gasteiger partial charge on any atom is -0.327 e. The molecular formula is C14H12F3N. The third-order valence-corrected chi connectivity index (χ3v) is 2.89. The third-order valence-electron chi connectivity index (χ3n) is 2.89. The molecule has 0 bridgehead atoms. The summed E-state index contributed by atoms with van der Waals surface area (Å²) >= 11 is 0. The summed E-state index contributed by atoms with van der Waals surface area (Å²) in [4.78, 5) is 0. The largest absolute Gasteiger partial charge is 0.327 e. The maximum atomic E-state index is 14.9. The highest BCUT2D eigenvalue weighted by Crippen LogP contribution is 2.33. The Morgan fingerprint density at radius 3 is 2.11 bits per heavy atom. The Balaban J connectivity index is 2.53. The Morgan fingerprint density at radius 2 is 1.56 bits per heavy atom. The minimum absolute atomic E-state index is 0.00935. The van der Waals surface area contributed by atoms with Crippen molar-refractivity contribution >= 4 is 0 Å². The van der Waals surface area contributed by atoms with Gasteiger partial charge in [-0.05, 0) is 23.3 Å². The SMILES string of the molecule is NCC(F)(c1ccccc1)c1ccc(F)c(F)c1. The molecule has 0 saturated carbocycles. The molecule has 0 spiro atoms. The fourth-order valence-electron chi connectivity index (χ4n) is 1.85. The second kappa shape index (κ2) is 4.82. The Labute approximate surface area is 103 Å². The van der Waals surface area contributed by atoms with Gasteiger partial charge in [-0.3, -0.25) is 0 Å². The average Bonchev–Trinajstić information content (AvgIpc) is 2.42. The number of rotatable bonds is 3. The maximum absolute atomic E-state index is 14.9. The monoisotopic (exact) mass is 251 g/mol.